The van der Waals surface area contributed by atoms with Gasteiger partial charge in [-0.1, -0.05) is 6.58 Å². The molecular formula is C20H25FN4O2. The minimum Gasteiger partial charge on any atom is -0.493 e. The van der Waals surface area contributed by atoms with Crippen LogP contribution in [0.3, 0.4) is 0 Å². The number of ether oxygens (including phenoxy) is 2. The summed E-state index contributed by atoms with van der Waals surface area (Å²) in [6.07, 6.45) is 5.05. The van der Waals surface area contributed by atoms with Gasteiger partial charge in [-0.2, -0.15) is 0 Å². The third-order valence-electron chi connectivity index (χ3n) is 4.68. The molecule has 0 radical (unpaired) electrons. The standard InChI is InChI=1S/C20H25FN4O2/c1-4-16(13(2)21)25-20-15-9-18(26-3)19(10-17(15)23-12-24-20)27-11-14-5-7-22-8-6-14/h4,9-10,12,14,22H,1,5-8,11H2,2-3H3,(H,23,24,25)/b16-13-. The number of hydrogen-bond acceptors (Lipinski definition) is 6. The zero-order chi connectivity index (χ0) is 19.2. The number of nitrogens with one attached hydrogen (secondary N) is 2. The third-order valence-corrected chi connectivity index (χ3v) is 4.68. The van der Waals surface area contributed by atoms with Crippen LogP contribution >= 0.6 is 0 Å². The highest BCUT2D eigenvalue weighted by Gasteiger charge is 2.17. The lowest BCUT2D eigenvalue weighted by atomic mass is 9.99. The molecule has 27 heavy (non-hydrogen) atoms. The summed E-state index contributed by atoms with van der Waals surface area (Å²) in [6.45, 7) is 7.68. The first-order valence-corrected chi connectivity index (χ1v) is 9.04. The van der Waals surface area contributed by atoms with E-state index in [1.807, 2.05) is 12.1 Å². The quantitative estimate of drug-likeness (QED) is 0.720. The predicted molar refractivity (Wildman–Crippen MR) is 105 cm³/mol. The van der Waals surface area contributed by atoms with Gasteiger partial charge in [-0.15, -0.1) is 0 Å². The summed E-state index contributed by atoms with van der Waals surface area (Å²) < 4.78 is 25.1. The molecule has 0 bridgehead atoms. The van der Waals surface area contributed by atoms with Crippen molar-refractivity contribution in [2.75, 3.05) is 32.1 Å². The fraction of sp³-hybridized carbons (Fsp3) is 0.400. The fourth-order valence-electron chi connectivity index (χ4n) is 3.10. The van der Waals surface area contributed by atoms with Gasteiger partial charge in [-0.3, -0.25) is 0 Å². The van der Waals surface area contributed by atoms with Crippen molar-refractivity contribution in [1.82, 2.24) is 15.3 Å². The maximum absolute atomic E-state index is 13.6. The number of benzene rings is 1. The first-order valence-electron chi connectivity index (χ1n) is 9.04. The average Bonchev–Trinajstić information content (AvgIpc) is 2.70. The summed E-state index contributed by atoms with van der Waals surface area (Å²) in [5, 5.41) is 7.02. The fourth-order valence-corrected chi connectivity index (χ4v) is 3.10. The van der Waals surface area contributed by atoms with E-state index in [2.05, 4.69) is 27.2 Å². The van der Waals surface area contributed by atoms with Crippen LogP contribution in [0.1, 0.15) is 19.8 Å². The van der Waals surface area contributed by atoms with Gasteiger partial charge in [-0.25, -0.2) is 14.4 Å². The Bertz CT molecular complexity index is 843. The van der Waals surface area contributed by atoms with E-state index in [1.165, 1.54) is 19.3 Å². The van der Waals surface area contributed by atoms with E-state index in [9.17, 15) is 4.39 Å². The number of allylic oxidation sites excluding steroid dienone is 2. The Morgan fingerprint density at radius 1 is 1.33 bits per heavy atom. The van der Waals surface area contributed by atoms with Crippen LogP contribution in [0.2, 0.25) is 0 Å². The number of piperidine rings is 1. The molecule has 0 saturated carbocycles. The Morgan fingerprint density at radius 2 is 2.11 bits per heavy atom. The van der Waals surface area contributed by atoms with Crippen molar-refractivity contribution in [2.24, 2.45) is 5.92 Å². The van der Waals surface area contributed by atoms with Crippen LogP contribution in [0, 0.1) is 5.92 Å². The minimum absolute atomic E-state index is 0.264. The molecule has 144 valence electrons. The number of hydrogen-bond donors (Lipinski definition) is 2. The maximum atomic E-state index is 13.6. The average molecular weight is 372 g/mol. The zero-order valence-electron chi connectivity index (χ0n) is 15.7. The number of rotatable bonds is 7. The third kappa shape index (κ3) is 4.54. The summed E-state index contributed by atoms with van der Waals surface area (Å²) in [7, 11) is 1.59. The van der Waals surface area contributed by atoms with E-state index < -0.39 is 0 Å². The summed E-state index contributed by atoms with van der Waals surface area (Å²) in [4.78, 5) is 8.55. The molecule has 1 aliphatic rings. The monoisotopic (exact) mass is 372 g/mol. The van der Waals surface area contributed by atoms with Crippen molar-refractivity contribution >= 4 is 16.7 Å². The molecule has 1 fully saturated rings. The van der Waals surface area contributed by atoms with Gasteiger partial charge in [0.1, 0.15) is 18.0 Å². The molecule has 1 aromatic carbocycles. The second-order valence-electron chi connectivity index (χ2n) is 6.52. The Labute approximate surface area is 158 Å². The van der Waals surface area contributed by atoms with Gasteiger partial charge in [-0.05, 0) is 50.9 Å². The molecule has 0 spiro atoms. The summed E-state index contributed by atoms with van der Waals surface area (Å²) in [5.41, 5.74) is 0.953. The predicted octanol–water partition coefficient (Wildman–Crippen LogP) is 3.82. The second-order valence-corrected chi connectivity index (χ2v) is 6.52. The smallest absolute Gasteiger partial charge is 0.163 e. The van der Waals surface area contributed by atoms with Crippen LogP contribution in [0.15, 0.2) is 42.6 Å². The number of fused-ring (bicyclic) bond motifs is 1. The van der Waals surface area contributed by atoms with E-state index in [-0.39, 0.29) is 11.5 Å². The molecule has 2 N–H and O–H groups in total. The largest absolute Gasteiger partial charge is 0.493 e. The molecule has 3 rings (SSSR count). The van der Waals surface area contributed by atoms with Gasteiger partial charge < -0.3 is 20.1 Å². The summed E-state index contributed by atoms with van der Waals surface area (Å²) in [5.74, 6) is 1.88. The van der Waals surface area contributed by atoms with Gasteiger partial charge in [0.2, 0.25) is 0 Å². The highest BCUT2D eigenvalue weighted by molar-refractivity contribution is 5.92. The molecule has 7 heteroatoms. The number of anilines is 1. The number of methoxy groups -OCH3 is 1. The van der Waals surface area contributed by atoms with E-state index in [4.69, 9.17) is 9.47 Å². The van der Waals surface area contributed by atoms with Crippen molar-refractivity contribution in [1.29, 1.82) is 0 Å². The molecule has 2 heterocycles. The van der Waals surface area contributed by atoms with Gasteiger partial charge in [0.25, 0.3) is 0 Å². The SMILES string of the molecule is C=C/C(Nc1ncnc2cc(OCC3CCNCC3)c(OC)cc12)=C(\C)F. The van der Waals surface area contributed by atoms with Crippen LogP contribution in [0.4, 0.5) is 10.2 Å². The van der Waals surface area contributed by atoms with Crippen molar-refractivity contribution in [3.05, 3.63) is 42.6 Å². The maximum Gasteiger partial charge on any atom is 0.163 e. The van der Waals surface area contributed by atoms with E-state index in [0.717, 1.165) is 25.9 Å². The van der Waals surface area contributed by atoms with Crippen molar-refractivity contribution in [3.63, 3.8) is 0 Å². The zero-order valence-corrected chi connectivity index (χ0v) is 15.7. The molecule has 1 aromatic heterocycles. The molecule has 2 aromatic rings. The topological polar surface area (TPSA) is 68.3 Å². The Morgan fingerprint density at radius 3 is 2.78 bits per heavy atom. The van der Waals surface area contributed by atoms with Crippen molar-refractivity contribution in [3.8, 4) is 11.5 Å². The van der Waals surface area contributed by atoms with Crippen molar-refractivity contribution < 1.29 is 13.9 Å². The Kier molecular flexibility index (Phi) is 6.24. The van der Waals surface area contributed by atoms with Gasteiger partial charge in [0, 0.05) is 11.5 Å². The number of nitrogens with zero attached hydrogens (tertiary/aromatic N) is 2. The van der Waals surface area contributed by atoms with Crippen LogP contribution in [0.25, 0.3) is 10.9 Å². The Balaban J connectivity index is 1.89. The minimum atomic E-state index is -0.370. The van der Waals surface area contributed by atoms with Crippen LogP contribution in [-0.4, -0.2) is 36.8 Å². The molecule has 0 unspecified atom stereocenters. The molecule has 1 saturated heterocycles. The number of aromatic nitrogens is 2. The highest BCUT2D eigenvalue weighted by Crippen LogP contribution is 2.35. The summed E-state index contributed by atoms with van der Waals surface area (Å²) >= 11 is 0. The van der Waals surface area contributed by atoms with Crippen LogP contribution in [-0.2, 0) is 0 Å². The first-order chi connectivity index (χ1) is 13.1. The molecule has 0 aliphatic carbocycles. The number of halogens is 1. The lowest BCUT2D eigenvalue weighted by Gasteiger charge is -2.23. The van der Waals surface area contributed by atoms with Crippen LogP contribution < -0.4 is 20.1 Å². The second kappa shape index (κ2) is 8.81. The first kappa shape index (κ1) is 19.1. The summed E-state index contributed by atoms with van der Waals surface area (Å²) in [6, 6.07) is 3.64. The Hall–Kier alpha value is -2.67. The lowest BCUT2D eigenvalue weighted by molar-refractivity contribution is 0.208. The van der Waals surface area contributed by atoms with E-state index in [0.29, 0.717) is 40.7 Å². The van der Waals surface area contributed by atoms with Gasteiger partial charge in [0.05, 0.1) is 24.9 Å². The van der Waals surface area contributed by atoms with E-state index >= 15 is 0 Å². The van der Waals surface area contributed by atoms with E-state index in [1.54, 1.807) is 7.11 Å². The molecule has 1 aliphatic heterocycles. The van der Waals surface area contributed by atoms with Crippen molar-refractivity contribution in [2.45, 2.75) is 19.8 Å². The lowest BCUT2D eigenvalue weighted by Crippen LogP contribution is -2.30. The van der Waals surface area contributed by atoms with Gasteiger partial charge >= 0.3 is 0 Å². The molecule has 6 nitrogen and oxygen atoms in total. The van der Waals surface area contributed by atoms with Gasteiger partial charge in [0.15, 0.2) is 11.5 Å². The highest BCUT2D eigenvalue weighted by atomic mass is 19.1. The van der Waals surface area contributed by atoms with Crippen LogP contribution in [0.5, 0.6) is 11.5 Å². The normalized spacial score (nSPS) is 16.0. The molecular weight excluding hydrogens is 347 g/mol. The molecule has 0 atom stereocenters. The molecule has 0 amide bonds.